The Labute approximate surface area is 809 Å². The fraction of sp³-hybridized carbons (Fsp3) is 0.120. The highest BCUT2D eigenvalue weighted by atomic mass is 15.2. The molecule has 15 aliphatic rings. The van der Waals surface area contributed by atoms with Crippen LogP contribution in [0.5, 0.6) is 0 Å². The molecular formula is C125H85N15. The van der Waals surface area contributed by atoms with Gasteiger partial charge in [0.05, 0.1) is 108 Å². The first-order valence-corrected chi connectivity index (χ1v) is 49.1. The number of fused-ring (bicyclic) bond motifs is 38. The SMILES string of the molecule is c1ccc2c(c1)Cc1cc3c(cc1-2)N1c2ncccc2Cc2ccnc(c21)C3.c1ccc2c(c1)Cc1cc3c(cc1-2)N1c2ncccc2Cc2cncc(c21)C3.c1ccc2c(c1)Cc1ccc3c(c1-2)Cc1ccnc2c1N3c1cccnc1C2.c1ccc2c(c1)Cc1ccc3c(c1-2)Cc1cncc2c1N3c1cccnc1C2.c1ccc2c(c1)Cc1ccc3c(c1-2)Cc1nccc2c1N3c1cccnc1C2. The second kappa shape index (κ2) is 30.1. The molecule has 660 valence electrons. The third-order valence-electron chi connectivity index (χ3n) is 31.9. The van der Waals surface area contributed by atoms with Crippen LogP contribution in [0.3, 0.4) is 0 Å². The monoisotopic (exact) mass is 1800 g/mol. The quantitative estimate of drug-likeness (QED) is 0.142. The van der Waals surface area contributed by atoms with Gasteiger partial charge in [-0.3, -0.25) is 49.7 Å². The highest BCUT2D eigenvalue weighted by Crippen LogP contribution is 2.61. The Kier molecular flexibility index (Phi) is 16.8. The summed E-state index contributed by atoms with van der Waals surface area (Å²) in [6, 6.07) is 95.3. The fourth-order valence-electron chi connectivity index (χ4n) is 26.1. The van der Waals surface area contributed by atoms with E-state index in [-0.39, 0.29) is 0 Å². The summed E-state index contributed by atoms with van der Waals surface area (Å²) in [6.07, 6.45) is 37.6. The molecule has 0 N–H and O–H groups in total. The molecule has 0 amide bonds. The summed E-state index contributed by atoms with van der Waals surface area (Å²) < 4.78 is 0. The van der Waals surface area contributed by atoms with Crippen LogP contribution in [0.1, 0.15) is 168 Å². The second-order valence-electron chi connectivity index (χ2n) is 39.5. The molecule has 0 radical (unpaired) electrons. The molecule has 10 aliphatic heterocycles. The average Bonchev–Trinajstić information content (AvgIpc) is 1.27. The molecular weight excluding hydrogens is 1710 g/mol. The Morgan fingerprint density at radius 3 is 0.964 bits per heavy atom. The van der Waals surface area contributed by atoms with Crippen molar-refractivity contribution in [3.63, 3.8) is 0 Å². The van der Waals surface area contributed by atoms with E-state index in [9.17, 15) is 0 Å². The Hall–Kier alpha value is -17.3. The van der Waals surface area contributed by atoms with Crippen molar-refractivity contribution in [1.29, 1.82) is 0 Å². The minimum absolute atomic E-state index is 0.805. The summed E-state index contributed by atoms with van der Waals surface area (Å²) in [6.45, 7) is 0. The van der Waals surface area contributed by atoms with Crippen molar-refractivity contribution in [2.24, 2.45) is 0 Å². The average molecular weight is 1800 g/mol. The maximum atomic E-state index is 4.80. The summed E-state index contributed by atoms with van der Waals surface area (Å²) in [7, 11) is 0. The second-order valence-corrected chi connectivity index (χ2v) is 39.5. The summed E-state index contributed by atoms with van der Waals surface area (Å²) in [5.74, 6) is 2.12. The number of nitrogens with zero attached hydrogens (tertiary/aromatic N) is 15. The van der Waals surface area contributed by atoms with Gasteiger partial charge in [0.25, 0.3) is 0 Å². The molecule has 0 saturated carbocycles. The van der Waals surface area contributed by atoms with Gasteiger partial charge in [-0.05, 0) is 313 Å². The lowest BCUT2D eigenvalue weighted by atomic mass is 9.86. The van der Waals surface area contributed by atoms with Crippen LogP contribution in [-0.2, 0) is 96.3 Å². The van der Waals surface area contributed by atoms with E-state index in [1.54, 1.807) is 0 Å². The van der Waals surface area contributed by atoms with Crippen LogP contribution in [-0.4, -0.2) is 49.8 Å². The van der Waals surface area contributed by atoms with Gasteiger partial charge in [-0.2, -0.15) is 0 Å². The highest BCUT2D eigenvalue weighted by molar-refractivity contribution is 6.00. The number of benzene rings is 10. The van der Waals surface area contributed by atoms with Crippen LogP contribution in [0.25, 0.3) is 55.6 Å². The lowest BCUT2D eigenvalue weighted by Gasteiger charge is -2.39. The number of aromatic nitrogens is 10. The predicted octanol–water partition coefficient (Wildman–Crippen LogP) is 26.6. The van der Waals surface area contributed by atoms with Gasteiger partial charge in [-0.1, -0.05) is 164 Å². The largest absolute Gasteiger partial charge is 0.308 e. The lowest BCUT2D eigenvalue weighted by Crippen LogP contribution is -2.26. The van der Waals surface area contributed by atoms with Crippen molar-refractivity contribution in [3.05, 3.63) is 503 Å². The third kappa shape index (κ3) is 11.6. The Morgan fingerprint density at radius 2 is 0.464 bits per heavy atom. The van der Waals surface area contributed by atoms with Crippen LogP contribution in [0.15, 0.2) is 335 Å². The number of hydrogen-bond acceptors (Lipinski definition) is 15. The smallest absolute Gasteiger partial charge is 0.141 e. The molecule has 0 saturated heterocycles. The number of hydrogen-bond donors (Lipinski definition) is 0. The van der Waals surface area contributed by atoms with Crippen LogP contribution in [0, 0.1) is 0 Å². The topological polar surface area (TPSA) is 145 Å². The molecule has 140 heavy (non-hydrogen) atoms. The van der Waals surface area contributed by atoms with E-state index < -0.39 is 0 Å². The van der Waals surface area contributed by atoms with Gasteiger partial charge in [-0.15, -0.1) is 0 Å². The first kappa shape index (κ1) is 77.9. The van der Waals surface area contributed by atoms with E-state index in [1.165, 1.54) is 269 Å². The summed E-state index contributed by atoms with van der Waals surface area (Å²) in [4.78, 5) is 59.0. The van der Waals surface area contributed by atoms with Gasteiger partial charge in [0, 0.05) is 144 Å². The van der Waals surface area contributed by atoms with E-state index in [0.29, 0.717) is 0 Å². The fourth-order valence-corrected chi connectivity index (χ4v) is 26.1. The molecule has 10 aromatic carbocycles. The molecule has 0 fully saturated rings. The van der Waals surface area contributed by atoms with Crippen molar-refractivity contribution in [3.8, 4) is 55.6 Å². The van der Waals surface area contributed by atoms with Gasteiger partial charge < -0.3 is 14.7 Å². The van der Waals surface area contributed by atoms with Crippen LogP contribution in [0.4, 0.5) is 85.6 Å². The molecule has 20 heterocycles. The first-order valence-electron chi connectivity index (χ1n) is 49.1. The Balaban J connectivity index is 0.0000000806. The van der Waals surface area contributed by atoms with Gasteiger partial charge in [-0.25, -0.2) is 9.97 Å². The van der Waals surface area contributed by atoms with Crippen molar-refractivity contribution >= 4 is 85.6 Å². The van der Waals surface area contributed by atoms with Gasteiger partial charge in [0.1, 0.15) is 11.6 Å². The zero-order valence-corrected chi connectivity index (χ0v) is 76.6. The number of anilines is 15. The van der Waals surface area contributed by atoms with E-state index in [2.05, 4.69) is 286 Å². The van der Waals surface area contributed by atoms with E-state index in [0.717, 1.165) is 136 Å². The highest BCUT2D eigenvalue weighted by Gasteiger charge is 2.43. The number of pyridine rings is 10. The standard InChI is InChI=1S/5C25H17N3/c1-2-6-20-15(4-1)10-18-12-19-13-22-24-16(7-9-26-22)11-17-5-3-8-27-25(17)28(24)23(19)14-21(18)20;1-2-6-21-15(4-1)8-17-10-18-11-20-14-26-13-19-9-16-5-3-7-27-25(16)28(24(19)20)23(18)12-22(17)21;1-2-5-18-15(4-1)12-16-7-8-22-19(24(16)18)14-21-25-17(9-11-27-21)13-20-23(28(22)25)6-3-10-26-20;1-2-5-18-15(4-1)12-16-7-8-22-19(24(16)18)13-17-9-11-27-21-14-20-23(6-3-10-26-20)28(22)25(17)21;1-2-5-19-15(4-1)10-16-7-8-22-20(24(16)19)11-17-13-26-14-18-12-21-23(6-3-9-27-21)28(22)25(17)18/h1-9,12,14H,10-11,13H2;1-7,10,12-14H,8-9,11H2;2*1-11H,12-14H2;1-9,13-14H,10-12H2. The zero-order chi connectivity index (χ0) is 91.2. The molecule has 5 aliphatic carbocycles. The summed E-state index contributed by atoms with van der Waals surface area (Å²) >= 11 is 0. The first-order chi connectivity index (χ1) is 69.4. The minimum Gasteiger partial charge on any atom is -0.308 e. The molecule has 15 heteroatoms. The third-order valence-corrected chi connectivity index (χ3v) is 31.9. The van der Waals surface area contributed by atoms with Crippen LogP contribution >= 0.6 is 0 Å². The van der Waals surface area contributed by atoms with Gasteiger partial charge >= 0.3 is 0 Å². The minimum atomic E-state index is 0.805. The van der Waals surface area contributed by atoms with Crippen molar-refractivity contribution < 1.29 is 0 Å². The summed E-state index contributed by atoms with van der Waals surface area (Å²) in [5.41, 5.74) is 70.2. The normalized spacial score (nSPS) is 14.6. The lowest BCUT2D eigenvalue weighted by molar-refractivity contribution is 0.927. The van der Waals surface area contributed by atoms with Crippen LogP contribution < -0.4 is 24.5 Å². The Bertz CT molecular complexity index is 8040. The number of rotatable bonds is 0. The maximum absolute atomic E-state index is 4.80. The molecule has 15 nitrogen and oxygen atoms in total. The molecule has 0 bridgehead atoms. The molecule has 0 atom stereocenters. The molecule has 0 spiro atoms. The van der Waals surface area contributed by atoms with Crippen molar-refractivity contribution in [1.82, 2.24) is 49.8 Å². The van der Waals surface area contributed by atoms with E-state index in [1.807, 2.05) is 98.5 Å². The molecule has 0 unspecified atom stereocenters. The van der Waals surface area contributed by atoms with Gasteiger partial charge in [0.15, 0.2) is 0 Å². The molecule has 10 aromatic heterocycles. The van der Waals surface area contributed by atoms with E-state index >= 15 is 0 Å². The molecule has 20 aromatic rings. The zero-order valence-electron chi connectivity index (χ0n) is 76.6. The maximum Gasteiger partial charge on any atom is 0.141 e. The predicted molar refractivity (Wildman–Crippen MR) is 553 cm³/mol. The van der Waals surface area contributed by atoms with Crippen molar-refractivity contribution in [2.75, 3.05) is 24.5 Å². The molecule has 35 rings (SSSR count). The Morgan fingerprint density at radius 1 is 0.157 bits per heavy atom. The van der Waals surface area contributed by atoms with E-state index in [4.69, 9.17) is 24.9 Å². The van der Waals surface area contributed by atoms with Gasteiger partial charge in [0.2, 0.25) is 0 Å². The van der Waals surface area contributed by atoms with Crippen LogP contribution in [0.2, 0.25) is 0 Å². The summed E-state index contributed by atoms with van der Waals surface area (Å²) in [5, 5.41) is 0. The van der Waals surface area contributed by atoms with Crippen molar-refractivity contribution in [2.45, 2.75) is 96.3 Å².